The summed E-state index contributed by atoms with van der Waals surface area (Å²) in [5.74, 6) is -3.31. The molecule has 15 heteroatoms. The molecule has 1 amide bonds. The van der Waals surface area contributed by atoms with Crippen molar-refractivity contribution in [1.29, 1.82) is 0 Å². The Labute approximate surface area is 472 Å². The normalized spacial score (nSPS) is 36.3. The maximum Gasteiger partial charge on any atom is 0.493 e. The van der Waals surface area contributed by atoms with E-state index in [4.69, 9.17) is 28.3 Å². The molecular weight excluding hydrogens is 1000 g/mol. The monoisotopic (exact) mass is 1100 g/mol. The first-order chi connectivity index (χ1) is 37.6. The highest BCUT2D eigenvalue weighted by Gasteiger charge is 2.50. The van der Waals surface area contributed by atoms with Crippen LogP contribution in [0.15, 0.2) is 90.1 Å². The number of carbonyl (C=O) groups excluding carboxylic acids is 5. The van der Waals surface area contributed by atoms with Crippen molar-refractivity contribution in [3.63, 3.8) is 0 Å². The molecule has 0 radical (unpaired) electrons. The molecule has 2 aliphatic carbocycles. The van der Waals surface area contributed by atoms with Gasteiger partial charge in [0, 0.05) is 52.2 Å². The number of carbonyl (C=O) groups is 5. The minimum Gasteiger partial charge on any atom is -0.460 e. The highest BCUT2D eigenvalue weighted by Crippen LogP contribution is 2.43. The molecule has 14 atom stereocenters. The molecule has 1 aromatic carbocycles. The number of esters is 2. The summed E-state index contributed by atoms with van der Waals surface area (Å²) in [5.41, 5.74) is 0.0438. The van der Waals surface area contributed by atoms with E-state index < -0.39 is 78.5 Å². The van der Waals surface area contributed by atoms with Crippen molar-refractivity contribution in [1.82, 2.24) is 4.90 Å². The summed E-state index contributed by atoms with van der Waals surface area (Å²) in [6.07, 6.45) is 16.2. The largest absolute Gasteiger partial charge is 0.493 e. The minimum absolute atomic E-state index is 0.0397. The van der Waals surface area contributed by atoms with Gasteiger partial charge in [-0.1, -0.05) is 114 Å². The highest BCUT2D eigenvalue weighted by molar-refractivity contribution is 6.61. The zero-order valence-corrected chi connectivity index (χ0v) is 49.2. The SMILES string of the molecule is C=C1[C@H](C)CC[C@H]2CC/C(C)=C/C=C/C=C/[C@@H](C)CC[C@@H](C)C(=O)[C@H](OC)[C@H](O)/C(C)=C/[C@@H](C)C(=O)C[C@@H]([C@H](C)C[C@@H]3CC[C@@H](OC(=O)C4(C)COB(c5ccccc5)OC4)[C@H](OC)C3)OC(=O)[C@@H]3CCCCN3C(=O)[C@]1(O)C2. The van der Waals surface area contributed by atoms with Crippen molar-refractivity contribution in [3.05, 3.63) is 90.1 Å². The third-order valence-electron chi connectivity index (χ3n) is 18.0. The molecule has 2 saturated carbocycles. The van der Waals surface area contributed by atoms with Crippen molar-refractivity contribution in [2.45, 2.75) is 194 Å². The first kappa shape index (κ1) is 63.7. The fourth-order valence-electron chi connectivity index (χ4n) is 12.4. The quantitative estimate of drug-likeness (QED) is 0.143. The minimum atomic E-state index is -1.87. The molecule has 2 saturated heterocycles. The van der Waals surface area contributed by atoms with Crippen LogP contribution in [0.5, 0.6) is 0 Å². The molecule has 0 aromatic heterocycles. The van der Waals surface area contributed by atoms with Crippen molar-refractivity contribution in [2.24, 2.45) is 46.8 Å². The summed E-state index contributed by atoms with van der Waals surface area (Å²) >= 11 is 0. The van der Waals surface area contributed by atoms with E-state index in [1.807, 2.05) is 69.3 Å². The Morgan fingerprint density at radius 1 is 0.873 bits per heavy atom. The van der Waals surface area contributed by atoms with E-state index in [-0.39, 0.29) is 79.7 Å². The van der Waals surface area contributed by atoms with Gasteiger partial charge < -0.3 is 43.4 Å². The lowest BCUT2D eigenvalue weighted by Crippen LogP contribution is -2.58. The molecule has 3 aliphatic heterocycles. The molecule has 6 rings (SSSR count). The van der Waals surface area contributed by atoms with E-state index in [1.54, 1.807) is 34.0 Å². The summed E-state index contributed by atoms with van der Waals surface area (Å²) in [4.78, 5) is 73.5. The number of Topliss-reactive ketones (excluding diaryl/α,β-unsaturated/α-hetero) is 2. The van der Waals surface area contributed by atoms with Crippen LogP contribution in [0.2, 0.25) is 0 Å². The second-order valence-corrected chi connectivity index (χ2v) is 24.6. The molecule has 79 heavy (non-hydrogen) atoms. The molecule has 14 nitrogen and oxygen atoms in total. The van der Waals surface area contributed by atoms with Gasteiger partial charge in [-0.2, -0.15) is 0 Å². The van der Waals surface area contributed by atoms with E-state index in [0.717, 1.165) is 37.6 Å². The Morgan fingerprint density at radius 3 is 2.28 bits per heavy atom. The maximum absolute atomic E-state index is 15.0. The van der Waals surface area contributed by atoms with Gasteiger partial charge in [-0.3, -0.25) is 19.2 Å². The number of piperidine rings is 1. The lowest BCUT2D eigenvalue weighted by Gasteiger charge is -2.42. The Morgan fingerprint density at radius 2 is 1.58 bits per heavy atom. The zero-order chi connectivity index (χ0) is 57.6. The molecule has 436 valence electrons. The molecule has 0 unspecified atom stereocenters. The Hall–Kier alpha value is -4.51. The van der Waals surface area contributed by atoms with Crippen LogP contribution in [0.1, 0.15) is 152 Å². The smallest absolute Gasteiger partial charge is 0.460 e. The van der Waals surface area contributed by atoms with Gasteiger partial charge in [0.2, 0.25) is 0 Å². The van der Waals surface area contributed by atoms with Gasteiger partial charge in [0.1, 0.15) is 41.7 Å². The van der Waals surface area contributed by atoms with Crippen molar-refractivity contribution in [2.75, 3.05) is 34.0 Å². The summed E-state index contributed by atoms with van der Waals surface area (Å²) in [6.45, 7) is 20.1. The number of cyclic esters (lactones) is 1. The summed E-state index contributed by atoms with van der Waals surface area (Å²) < 4.78 is 36.4. The Bertz CT molecular complexity index is 2360. The van der Waals surface area contributed by atoms with Crippen LogP contribution in [0.25, 0.3) is 0 Å². The topological polar surface area (TPSA) is 184 Å². The number of aliphatic hydroxyl groups is 2. The number of benzene rings is 1. The third kappa shape index (κ3) is 16.8. The molecule has 2 N–H and O–H groups in total. The number of allylic oxidation sites excluding steroid dienone is 7. The van der Waals surface area contributed by atoms with Crippen LogP contribution in [-0.2, 0) is 52.2 Å². The second-order valence-electron chi connectivity index (χ2n) is 24.6. The highest BCUT2D eigenvalue weighted by atomic mass is 16.6. The van der Waals surface area contributed by atoms with Gasteiger partial charge in [0.25, 0.3) is 5.91 Å². The zero-order valence-electron chi connectivity index (χ0n) is 49.2. The molecular formula is C64H94BNO13. The predicted octanol–water partition coefficient (Wildman–Crippen LogP) is 9.60. The van der Waals surface area contributed by atoms with Gasteiger partial charge in [-0.15, -0.1) is 0 Å². The van der Waals surface area contributed by atoms with Crippen molar-refractivity contribution >= 4 is 42.0 Å². The fraction of sp³-hybridized carbons (Fsp3) is 0.672. The number of rotatable bonds is 8. The standard InChI is InChI=1S/C64H94BNO13/c1-41-20-14-12-15-21-42(2)26-29-49-30-28-43(3)48(8)64(73,38-49)61(71)66-33-19-18-24-52(66)60(70)78-55(37-53(67)45(5)34-47(7)58(69)59(75-11)57(68)44(4)27-25-41)46(6)35-50-31-32-54(56(36-50)74-10)79-62(72)63(9)39-76-65(77-40-63)51-22-16-13-17-23-51/h12-17,20-23,34,41,43-46,49-50,52,54-56,58-59,69,73H,8,18-19,24-33,35-40H2,1-7,9-11H3/b15-12+,20-14+,42-21+,47-34+/t41-,43-,44-,45-,46-,49-,50+,52+,54-,55+,56-,58-,59+,64+/m1/s1. The number of amides is 1. The fourth-order valence-corrected chi connectivity index (χ4v) is 12.4. The molecule has 5 aliphatic rings. The second kappa shape index (κ2) is 29.5. The van der Waals surface area contributed by atoms with Crippen LogP contribution >= 0.6 is 0 Å². The number of methoxy groups -OCH3 is 2. The van der Waals surface area contributed by atoms with Crippen molar-refractivity contribution in [3.8, 4) is 0 Å². The number of aliphatic hydroxyl groups excluding tert-OH is 1. The molecule has 0 spiro atoms. The number of fused-ring (bicyclic) bond motifs is 3. The van der Waals surface area contributed by atoms with E-state index in [2.05, 4.69) is 32.6 Å². The lowest BCUT2D eigenvalue weighted by atomic mass is 9.75. The van der Waals surface area contributed by atoms with Gasteiger partial charge in [-0.05, 0) is 157 Å². The maximum atomic E-state index is 15.0. The first-order valence-corrected chi connectivity index (χ1v) is 29.5. The average molecular weight is 1100 g/mol. The average Bonchev–Trinajstić information content (AvgIpc) is 3.55. The lowest BCUT2D eigenvalue weighted by molar-refractivity contribution is -0.178. The van der Waals surface area contributed by atoms with Gasteiger partial charge in [-0.25, -0.2) is 4.79 Å². The number of hydrogen-bond acceptors (Lipinski definition) is 13. The van der Waals surface area contributed by atoms with Crippen LogP contribution < -0.4 is 5.46 Å². The Balaban J connectivity index is 1.23. The molecule has 3 heterocycles. The van der Waals surface area contributed by atoms with Gasteiger partial charge >= 0.3 is 19.1 Å². The van der Waals surface area contributed by atoms with Crippen LogP contribution in [0, 0.1) is 46.8 Å². The van der Waals surface area contributed by atoms with E-state index in [9.17, 15) is 29.4 Å². The third-order valence-corrected chi connectivity index (χ3v) is 18.0. The van der Waals surface area contributed by atoms with E-state index in [1.165, 1.54) is 17.6 Å². The number of ketones is 2. The van der Waals surface area contributed by atoms with E-state index >= 15 is 4.79 Å². The van der Waals surface area contributed by atoms with E-state index in [0.29, 0.717) is 62.5 Å². The van der Waals surface area contributed by atoms with Crippen molar-refractivity contribution < 1.29 is 62.4 Å². The summed E-state index contributed by atoms with van der Waals surface area (Å²) in [6, 6.07) is 8.59. The first-order valence-electron chi connectivity index (χ1n) is 29.5. The van der Waals surface area contributed by atoms with Gasteiger partial charge in [0.05, 0.1) is 6.10 Å². The molecule has 1 aromatic rings. The summed E-state index contributed by atoms with van der Waals surface area (Å²) in [5, 5.41) is 24.3. The van der Waals surface area contributed by atoms with Gasteiger partial charge in [0.15, 0.2) is 11.4 Å². The predicted molar refractivity (Wildman–Crippen MR) is 307 cm³/mol. The van der Waals surface area contributed by atoms with Crippen LogP contribution in [-0.4, -0.2) is 128 Å². The Kier molecular flexibility index (Phi) is 23.7. The summed E-state index contributed by atoms with van der Waals surface area (Å²) in [7, 11) is 2.44. The van der Waals surface area contributed by atoms with Crippen LogP contribution in [0.4, 0.5) is 0 Å². The molecule has 2 bridgehead atoms. The number of nitrogens with zero attached hydrogens (tertiary/aromatic N) is 1. The van der Waals surface area contributed by atoms with Crippen LogP contribution in [0.3, 0.4) is 0 Å². The number of hydrogen-bond donors (Lipinski definition) is 2. The molecule has 4 fully saturated rings. The number of ether oxygens (including phenoxy) is 4.